The molecule has 3 heteroatoms. The van der Waals surface area contributed by atoms with Crippen molar-refractivity contribution in [3.63, 3.8) is 0 Å². The van der Waals surface area contributed by atoms with Gasteiger partial charge < -0.3 is 4.90 Å². The molecule has 0 spiro atoms. The van der Waals surface area contributed by atoms with E-state index in [1.54, 1.807) is 0 Å². The zero-order valence-corrected chi connectivity index (χ0v) is 9.77. The highest BCUT2D eigenvalue weighted by Crippen LogP contribution is 2.24. The number of halogens is 2. The molecule has 0 N–H and O–H groups in total. The van der Waals surface area contributed by atoms with Gasteiger partial charge in [0.2, 0.25) is 0 Å². The maximum absolute atomic E-state index is 6.02. The molecule has 0 aromatic heterocycles. The van der Waals surface area contributed by atoms with Gasteiger partial charge in [-0.1, -0.05) is 46.2 Å². The summed E-state index contributed by atoms with van der Waals surface area (Å²) in [5, 5.41) is 0.763. The highest BCUT2D eigenvalue weighted by molar-refractivity contribution is 9.11. The van der Waals surface area contributed by atoms with Gasteiger partial charge in [0.1, 0.15) is 0 Å². The normalized spacial score (nSPS) is 9.77. The summed E-state index contributed by atoms with van der Waals surface area (Å²) >= 11 is 9.33. The first-order chi connectivity index (χ1) is 6.11. The standard InChI is InChI=1S/C10H11BrClN/c1-8(11)7-13(2)10-6-4-3-5-9(10)12/h3-6H,1,7H2,2H3. The van der Waals surface area contributed by atoms with Crippen molar-refractivity contribution in [3.05, 3.63) is 40.3 Å². The molecule has 0 radical (unpaired) electrons. The highest BCUT2D eigenvalue weighted by atomic mass is 79.9. The number of hydrogen-bond donors (Lipinski definition) is 0. The largest absolute Gasteiger partial charge is 0.369 e. The predicted molar refractivity (Wildman–Crippen MR) is 62.8 cm³/mol. The number of para-hydroxylation sites is 1. The average molecular weight is 261 g/mol. The van der Waals surface area contributed by atoms with Crippen molar-refractivity contribution < 1.29 is 0 Å². The number of anilines is 1. The Labute approximate surface area is 92.1 Å². The Bertz CT molecular complexity index is 312. The third-order valence-corrected chi connectivity index (χ3v) is 2.24. The fourth-order valence-electron chi connectivity index (χ4n) is 1.10. The fraction of sp³-hybridized carbons (Fsp3) is 0.200. The van der Waals surface area contributed by atoms with Crippen molar-refractivity contribution in [3.8, 4) is 0 Å². The van der Waals surface area contributed by atoms with Gasteiger partial charge in [0.15, 0.2) is 0 Å². The lowest BCUT2D eigenvalue weighted by atomic mass is 10.3. The topological polar surface area (TPSA) is 3.24 Å². The Hall–Kier alpha value is -0.470. The van der Waals surface area contributed by atoms with Crippen molar-refractivity contribution in [2.24, 2.45) is 0 Å². The Morgan fingerprint density at radius 2 is 2.15 bits per heavy atom. The zero-order chi connectivity index (χ0) is 9.84. The van der Waals surface area contributed by atoms with Gasteiger partial charge in [-0.15, -0.1) is 0 Å². The SMILES string of the molecule is C=C(Br)CN(C)c1ccccc1Cl. The lowest BCUT2D eigenvalue weighted by molar-refractivity contribution is 1.03. The summed E-state index contributed by atoms with van der Waals surface area (Å²) in [7, 11) is 1.98. The van der Waals surface area contributed by atoms with Gasteiger partial charge in [0.25, 0.3) is 0 Å². The van der Waals surface area contributed by atoms with E-state index in [0.29, 0.717) is 0 Å². The number of rotatable bonds is 3. The van der Waals surface area contributed by atoms with Crippen LogP contribution < -0.4 is 4.90 Å². The van der Waals surface area contributed by atoms with E-state index in [4.69, 9.17) is 11.6 Å². The molecule has 0 amide bonds. The monoisotopic (exact) mass is 259 g/mol. The van der Waals surface area contributed by atoms with E-state index >= 15 is 0 Å². The molecule has 0 bridgehead atoms. The van der Waals surface area contributed by atoms with Gasteiger partial charge in [-0.2, -0.15) is 0 Å². The minimum absolute atomic E-state index is 0.754. The summed E-state index contributed by atoms with van der Waals surface area (Å²) in [5.74, 6) is 0. The second kappa shape index (κ2) is 4.68. The van der Waals surface area contributed by atoms with Crippen LogP contribution in [-0.4, -0.2) is 13.6 Å². The van der Waals surface area contributed by atoms with Crippen molar-refractivity contribution in [1.82, 2.24) is 0 Å². The molecule has 1 nitrogen and oxygen atoms in total. The first-order valence-corrected chi connectivity index (χ1v) is 5.07. The molecular weight excluding hydrogens is 249 g/mol. The number of benzene rings is 1. The summed E-state index contributed by atoms with van der Waals surface area (Å²) in [6.45, 7) is 4.54. The molecule has 0 fully saturated rings. The molecule has 0 aliphatic heterocycles. The van der Waals surface area contributed by atoms with E-state index in [2.05, 4.69) is 22.5 Å². The lowest BCUT2D eigenvalue weighted by Crippen LogP contribution is -2.18. The van der Waals surface area contributed by atoms with Gasteiger partial charge in [-0.05, 0) is 12.1 Å². The second-order valence-electron chi connectivity index (χ2n) is 2.82. The maximum atomic E-state index is 6.02. The first kappa shape index (κ1) is 10.6. The van der Waals surface area contributed by atoms with Crippen LogP contribution in [0.25, 0.3) is 0 Å². The lowest BCUT2D eigenvalue weighted by Gasteiger charge is -2.19. The maximum Gasteiger partial charge on any atom is 0.0639 e. The molecule has 0 unspecified atom stereocenters. The van der Waals surface area contributed by atoms with Crippen molar-refractivity contribution >= 4 is 33.2 Å². The number of hydrogen-bond acceptors (Lipinski definition) is 1. The van der Waals surface area contributed by atoms with E-state index in [0.717, 1.165) is 21.7 Å². The summed E-state index contributed by atoms with van der Waals surface area (Å²) in [6, 6.07) is 7.75. The third kappa shape index (κ3) is 3.05. The van der Waals surface area contributed by atoms with Crippen LogP contribution in [-0.2, 0) is 0 Å². The molecule has 0 atom stereocenters. The molecule has 0 heterocycles. The van der Waals surface area contributed by atoms with Gasteiger partial charge in [-0.3, -0.25) is 0 Å². The number of nitrogens with zero attached hydrogens (tertiary/aromatic N) is 1. The van der Waals surface area contributed by atoms with Gasteiger partial charge in [0, 0.05) is 18.1 Å². The van der Waals surface area contributed by atoms with Crippen molar-refractivity contribution in [1.29, 1.82) is 0 Å². The third-order valence-electron chi connectivity index (χ3n) is 1.67. The molecule has 1 rings (SSSR count). The van der Waals surface area contributed by atoms with Crippen molar-refractivity contribution in [2.45, 2.75) is 0 Å². The quantitative estimate of drug-likeness (QED) is 0.801. The molecule has 1 aromatic carbocycles. The van der Waals surface area contributed by atoms with Crippen LogP contribution in [0.4, 0.5) is 5.69 Å². The molecular formula is C10H11BrClN. The smallest absolute Gasteiger partial charge is 0.0639 e. The summed E-state index contributed by atoms with van der Waals surface area (Å²) in [6.07, 6.45) is 0. The van der Waals surface area contributed by atoms with Crippen LogP contribution in [0.2, 0.25) is 5.02 Å². The van der Waals surface area contributed by atoms with Gasteiger partial charge in [-0.25, -0.2) is 0 Å². The molecule has 1 aromatic rings. The van der Waals surface area contributed by atoms with Crippen molar-refractivity contribution in [2.75, 3.05) is 18.5 Å². The van der Waals surface area contributed by atoms with Crippen LogP contribution in [0.1, 0.15) is 0 Å². The van der Waals surface area contributed by atoms with Crippen LogP contribution in [0.5, 0.6) is 0 Å². The molecule has 70 valence electrons. The molecule has 0 saturated heterocycles. The summed E-state index contributed by atoms with van der Waals surface area (Å²) in [4.78, 5) is 2.04. The zero-order valence-electron chi connectivity index (χ0n) is 7.43. The Kier molecular flexibility index (Phi) is 3.82. The minimum Gasteiger partial charge on any atom is -0.369 e. The minimum atomic E-state index is 0.754. The van der Waals surface area contributed by atoms with Crippen LogP contribution >= 0.6 is 27.5 Å². The van der Waals surface area contributed by atoms with Crippen LogP contribution in [0, 0.1) is 0 Å². The van der Waals surface area contributed by atoms with E-state index in [1.807, 2.05) is 36.2 Å². The molecule has 0 aliphatic rings. The Balaban J connectivity index is 2.82. The number of likely N-dealkylation sites (N-methyl/N-ethyl adjacent to an activating group) is 1. The Morgan fingerprint density at radius 3 is 2.69 bits per heavy atom. The van der Waals surface area contributed by atoms with Crippen LogP contribution in [0.3, 0.4) is 0 Å². The highest BCUT2D eigenvalue weighted by Gasteiger charge is 2.04. The van der Waals surface area contributed by atoms with E-state index in [9.17, 15) is 0 Å². The average Bonchev–Trinajstić information content (AvgIpc) is 2.03. The molecule has 0 aliphatic carbocycles. The summed E-state index contributed by atoms with van der Waals surface area (Å²) in [5.41, 5.74) is 1.02. The van der Waals surface area contributed by atoms with Gasteiger partial charge in [0.05, 0.1) is 10.7 Å². The fourth-order valence-corrected chi connectivity index (χ4v) is 1.76. The van der Waals surface area contributed by atoms with E-state index in [-0.39, 0.29) is 0 Å². The summed E-state index contributed by atoms with van der Waals surface area (Å²) < 4.78 is 0.940. The van der Waals surface area contributed by atoms with E-state index in [1.165, 1.54) is 0 Å². The van der Waals surface area contributed by atoms with E-state index < -0.39 is 0 Å². The first-order valence-electron chi connectivity index (χ1n) is 3.90. The molecule has 13 heavy (non-hydrogen) atoms. The van der Waals surface area contributed by atoms with Gasteiger partial charge >= 0.3 is 0 Å². The Morgan fingerprint density at radius 1 is 1.54 bits per heavy atom. The second-order valence-corrected chi connectivity index (χ2v) is 4.35. The predicted octanol–water partition coefficient (Wildman–Crippen LogP) is 3.68. The molecule has 0 saturated carbocycles. The van der Waals surface area contributed by atoms with Crippen LogP contribution in [0.15, 0.2) is 35.3 Å².